The van der Waals surface area contributed by atoms with Crippen LogP contribution in [-0.4, -0.2) is 34.8 Å². The zero-order valence-corrected chi connectivity index (χ0v) is 10.8. The molecule has 0 spiro atoms. The van der Waals surface area contributed by atoms with Crippen molar-refractivity contribution < 1.29 is 5.11 Å². The second kappa shape index (κ2) is 7.55. The molecule has 14 heavy (non-hydrogen) atoms. The van der Waals surface area contributed by atoms with Crippen LogP contribution in [0.2, 0.25) is 0 Å². The van der Waals surface area contributed by atoms with Crippen LogP contribution in [0, 0.1) is 0 Å². The van der Waals surface area contributed by atoms with Gasteiger partial charge in [0.1, 0.15) is 0 Å². The molecule has 0 saturated carbocycles. The Morgan fingerprint density at radius 3 is 2.50 bits per heavy atom. The maximum Gasteiger partial charge on any atom is 0.0610 e. The molecular formula is C11H25NOS. The van der Waals surface area contributed by atoms with Crippen molar-refractivity contribution in [3.8, 4) is 0 Å². The van der Waals surface area contributed by atoms with E-state index in [-0.39, 0.29) is 12.1 Å². The topological polar surface area (TPSA) is 32.3 Å². The largest absolute Gasteiger partial charge is 0.394 e. The quantitative estimate of drug-likeness (QED) is 0.614. The van der Waals surface area contributed by atoms with Crippen LogP contribution in [0.1, 0.15) is 40.5 Å². The van der Waals surface area contributed by atoms with Crippen molar-refractivity contribution in [2.24, 2.45) is 0 Å². The zero-order valence-electron chi connectivity index (χ0n) is 9.97. The first-order valence-corrected chi connectivity index (χ1v) is 6.56. The van der Waals surface area contributed by atoms with Crippen molar-refractivity contribution in [2.75, 3.05) is 18.9 Å². The molecule has 0 aromatic heterocycles. The Bertz CT molecular complexity index is 141. The van der Waals surface area contributed by atoms with Gasteiger partial charge in [0, 0.05) is 5.54 Å². The van der Waals surface area contributed by atoms with Gasteiger partial charge in [0.15, 0.2) is 0 Å². The van der Waals surface area contributed by atoms with Crippen LogP contribution in [0.15, 0.2) is 0 Å². The van der Waals surface area contributed by atoms with Crippen molar-refractivity contribution in [1.82, 2.24) is 5.32 Å². The molecule has 0 radical (unpaired) electrons. The van der Waals surface area contributed by atoms with Crippen molar-refractivity contribution in [2.45, 2.75) is 51.3 Å². The smallest absolute Gasteiger partial charge is 0.0610 e. The van der Waals surface area contributed by atoms with Gasteiger partial charge in [-0.15, -0.1) is 0 Å². The predicted molar refractivity (Wildman–Crippen MR) is 66.0 cm³/mol. The van der Waals surface area contributed by atoms with E-state index in [4.69, 9.17) is 0 Å². The average Bonchev–Trinajstić information content (AvgIpc) is 2.13. The summed E-state index contributed by atoms with van der Waals surface area (Å²) in [5, 5.41) is 13.3. The fourth-order valence-electron chi connectivity index (χ4n) is 1.43. The highest BCUT2D eigenvalue weighted by Crippen LogP contribution is 2.16. The summed E-state index contributed by atoms with van der Waals surface area (Å²) in [6, 6.07) is 0. The van der Waals surface area contributed by atoms with Gasteiger partial charge in [0.2, 0.25) is 0 Å². The summed E-state index contributed by atoms with van der Waals surface area (Å²) in [6.07, 6.45) is 2.23. The lowest BCUT2D eigenvalue weighted by Gasteiger charge is -2.28. The summed E-state index contributed by atoms with van der Waals surface area (Å²) >= 11 is 1.99. The van der Waals surface area contributed by atoms with Crippen LogP contribution in [-0.2, 0) is 0 Å². The Morgan fingerprint density at radius 1 is 1.43 bits per heavy atom. The van der Waals surface area contributed by atoms with Crippen LogP contribution in [0.4, 0.5) is 0 Å². The highest BCUT2D eigenvalue weighted by molar-refractivity contribution is 7.99. The molecule has 0 saturated heterocycles. The fourth-order valence-corrected chi connectivity index (χ4v) is 2.21. The summed E-state index contributed by atoms with van der Waals surface area (Å²) in [6.45, 7) is 9.77. The summed E-state index contributed by atoms with van der Waals surface area (Å²) in [7, 11) is 0. The van der Waals surface area contributed by atoms with Gasteiger partial charge in [-0.2, -0.15) is 11.8 Å². The molecule has 0 aromatic carbocycles. The van der Waals surface area contributed by atoms with Gasteiger partial charge >= 0.3 is 0 Å². The van der Waals surface area contributed by atoms with Crippen LogP contribution in [0.3, 0.4) is 0 Å². The summed E-state index contributed by atoms with van der Waals surface area (Å²) in [5.41, 5.74) is -0.0771. The third kappa shape index (κ3) is 6.68. The second-order valence-electron chi connectivity index (χ2n) is 4.27. The molecule has 0 aliphatic carbocycles. The fraction of sp³-hybridized carbons (Fsp3) is 1.00. The molecule has 0 aliphatic heterocycles. The molecular weight excluding hydrogens is 194 g/mol. The number of rotatable bonds is 8. The molecule has 2 N–H and O–H groups in total. The summed E-state index contributed by atoms with van der Waals surface area (Å²) in [5.74, 6) is 1.19. The molecule has 1 unspecified atom stereocenters. The molecule has 0 heterocycles. The van der Waals surface area contributed by atoms with E-state index in [1.807, 2.05) is 11.8 Å². The Labute approximate surface area is 92.9 Å². The molecule has 3 heteroatoms. The Hall–Kier alpha value is 0.270. The lowest BCUT2D eigenvalue weighted by atomic mass is 9.97. The monoisotopic (exact) mass is 219 g/mol. The second-order valence-corrected chi connectivity index (χ2v) is 5.96. The molecule has 1 atom stereocenters. The van der Waals surface area contributed by atoms with Crippen LogP contribution in [0.25, 0.3) is 0 Å². The van der Waals surface area contributed by atoms with Gasteiger partial charge < -0.3 is 10.4 Å². The lowest BCUT2D eigenvalue weighted by Crippen LogP contribution is -2.45. The molecule has 0 aromatic rings. The Balaban J connectivity index is 3.61. The number of hydrogen-bond acceptors (Lipinski definition) is 3. The first-order valence-electron chi connectivity index (χ1n) is 5.51. The number of nitrogens with one attached hydrogen (secondary N) is 1. The van der Waals surface area contributed by atoms with Crippen LogP contribution >= 0.6 is 11.8 Å². The summed E-state index contributed by atoms with van der Waals surface area (Å²) < 4.78 is 0. The van der Waals surface area contributed by atoms with Gasteiger partial charge in [0.05, 0.1) is 6.61 Å². The standard InChI is InChI=1S/C11H25NOS/c1-5-12-11(4,9-13)7-6-8-14-10(2)3/h10,12-13H,5-9H2,1-4H3. The number of aliphatic hydroxyl groups is 1. The number of aliphatic hydroxyl groups excluding tert-OH is 1. The Morgan fingerprint density at radius 2 is 2.07 bits per heavy atom. The van der Waals surface area contributed by atoms with E-state index in [1.54, 1.807) is 0 Å². The number of likely N-dealkylation sites (N-methyl/N-ethyl adjacent to an activating group) is 1. The van der Waals surface area contributed by atoms with E-state index >= 15 is 0 Å². The molecule has 0 fully saturated rings. The van der Waals surface area contributed by atoms with Crippen molar-refractivity contribution in [1.29, 1.82) is 0 Å². The van der Waals surface area contributed by atoms with E-state index < -0.39 is 0 Å². The van der Waals surface area contributed by atoms with E-state index in [0.717, 1.165) is 18.2 Å². The van der Waals surface area contributed by atoms with Crippen LogP contribution < -0.4 is 5.32 Å². The normalized spacial score (nSPS) is 15.9. The van der Waals surface area contributed by atoms with E-state index in [9.17, 15) is 5.11 Å². The maximum atomic E-state index is 9.26. The van der Waals surface area contributed by atoms with E-state index in [0.29, 0.717) is 0 Å². The average molecular weight is 219 g/mol. The van der Waals surface area contributed by atoms with Crippen LogP contribution in [0.5, 0.6) is 0 Å². The minimum Gasteiger partial charge on any atom is -0.394 e. The van der Waals surface area contributed by atoms with Crippen molar-refractivity contribution in [3.05, 3.63) is 0 Å². The minimum absolute atomic E-state index is 0.0771. The SMILES string of the molecule is CCNC(C)(CO)CCCSC(C)C. The van der Waals surface area contributed by atoms with Gasteiger partial charge in [-0.3, -0.25) is 0 Å². The first kappa shape index (κ1) is 14.3. The minimum atomic E-state index is -0.0771. The Kier molecular flexibility index (Phi) is 7.69. The van der Waals surface area contributed by atoms with Gasteiger partial charge in [0.25, 0.3) is 0 Å². The van der Waals surface area contributed by atoms with Crippen molar-refractivity contribution in [3.63, 3.8) is 0 Å². The summed E-state index contributed by atoms with van der Waals surface area (Å²) in [4.78, 5) is 0. The molecule has 2 nitrogen and oxygen atoms in total. The molecule has 0 amide bonds. The van der Waals surface area contributed by atoms with Crippen molar-refractivity contribution >= 4 is 11.8 Å². The predicted octanol–water partition coefficient (Wildman–Crippen LogP) is 2.27. The molecule has 0 bridgehead atoms. The van der Waals surface area contributed by atoms with Gasteiger partial charge in [-0.05, 0) is 37.3 Å². The third-order valence-electron chi connectivity index (χ3n) is 2.28. The number of hydrogen-bond donors (Lipinski definition) is 2. The molecule has 0 aliphatic rings. The zero-order chi connectivity index (χ0) is 11.0. The highest BCUT2D eigenvalue weighted by Gasteiger charge is 2.20. The van der Waals surface area contributed by atoms with E-state index in [1.165, 1.54) is 12.2 Å². The van der Waals surface area contributed by atoms with Gasteiger partial charge in [-0.1, -0.05) is 20.8 Å². The highest BCUT2D eigenvalue weighted by atomic mass is 32.2. The first-order chi connectivity index (χ1) is 6.54. The van der Waals surface area contributed by atoms with E-state index in [2.05, 4.69) is 33.0 Å². The lowest BCUT2D eigenvalue weighted by molar-refractivity contribution is 0.167. The molecule has 86 valence electrons. The number of thioether (sulfide) groups is 1. The third-order valence-corrected chi connectivity index (χ3v) is 3.47. The maximum absolute atomic E-state index is 9.26. The molecule has 0 rings (SSSR count). The van der Waals surface area contributed by atoms with Gasteiger partial charge in [-0.25, -0.2) is 0 Å².